The Balaban J connectivity index is 1.63. The first-order chi connectivity index (χ1) is 14.6. The van der Waals surface area contributed by atoms with Crippen LogP contribution in [0.4, 0.5) is 24.5 Å². The highest BCUT2D eigenvalue weighted by Gasteiger charge is 2.30. The summed E-state index contributed by atoms with van der Waals surface area (Å²) < 4.78 is 40.0. The van der Waals surface area contributed by atoms with E-state index >= 15 is 0 Å². The first-order valence-electron chi connectivity index (χ1n) is 9.17. The second-order valence-corrected chi connectivity index (χ2v) is 7.53. The molecule has 1 heterocycles. The first kappa shape index (κ1) is 22.3. The van der Waals surface area contributed by atoms with Crippen LogP contribution < -0.4 is 15.5 Å². The largest absolute Gasteiger partial charge is 0.416 e. The Morgan fingerprint density at radius 1 is 1.03 bits per heavy atom. The van der Waals surface area contributed by atoms with Crippen LogP contribution in [0, 0.1) is 6.92 Å². The van der Waals surface area contributed by atoms with Gasteiger partial charge in [-0.2, -0.15) is 13.2 Å². The first-order valence-corrected chi connectivity index (χ1v) is 10.0. The fraction of sp³-hybridized carbons (Fsp3) is 0.190. The normalized spacial score (nSPS) is 11.2. The van der Waals surface area contributed by atoms with Gasteiger partial charge in [-0.05, 0) is 43.3 Å². The number of hydrogen-bond acceptors (Lipinski definition) is 4. The molecule has 0 spiro atoms. The third kappa shape index (κ3) is 5.82. The molecule has 0 saturated carbocycles. The molecule has 0 aliphatic rings. The Hall–Kier alpha value is -3.40. The van der Waals surface area contributed by atoms with E-state index in [-0.39, 0.29) is 35.0 Å². The van der Waals surface area contributed by atoms with Crippen LogP contribution in [0.5, 0.6) is 0 Å². The monoisotopic (exact) mass is 449 g/mol. The van der Waals surface area contributed by atoms with Gasteiger partial charge in [-0.1, -0.05) is 23.5 Å². The van der Waals surface area contributed by atoms with Crippen molar-refractivity contribution in [2.45, 2.75) is 26.1 Å². The molecule has 0 radical (unpaired) electrons. The average Bonchev–Trinajstić information content (AvgIpc) is 3.03. The Morgan fingerprint density at radius 2 is 1.71 bits per heavy atom. The Kier molecular flexibility index (Phi) is 6.59. The lowest BCUT2D eigenvalue weighted by molar-refractivity contribution is -0.137. The number of aryl methyl sites for hydroxylation is 1. The van der Waals surface area contributed by atoms with E-state index in [2.05, 4.69) is 10.6 Å². The molecule has 162 valence electrons. The molecule has 3 rings (SSSR count). The number of carbonyl (C=O) groups is 2. The fourth-order valence-electron chi connectivity index (χ4n) is 2.83. The zero-order chi connectivity index (χ0) is 22.6. The molecule has 0 saturated heterocycles. The Labute approximate surface area is 179 Å². The smallest absolute Gasteiger partial charge is 0.326 e. The highest BCUT2D eigenvalue weighted by Crippen LogP contribution is 2.30. The van der Waals surface area contributed by atoms with Crippen molar-refractivity contribution in [3.63, 3.8) is 0 Å². The van der Waals surface area contributed by atoms with Gasteiger partial charge in [-0.25, -0.2) is 0 Å². The molecule has 3 aromatic rings. The number of thiazole rings is 1. The predicted octanol–water partition coefficient (Wildman–Crippen LogP) is 4.52. The number of amides is 2. The summed E-state index contributed by atoms with van der Waals surface area (Å²) in [5.74, 6) is -0.955. The van der Waals surface area contributed by atoms with Gasteiger partial charge in [0.25, 0.3) is 5.91 Å². The molecule has 6 nitrogen and oxygen atoms in total. The van der Waals surface area contributed by atoms with E-state index in [0.717, 1.165) is 29.2 Å². The second-order valence-electron chi connectivity index (χ2n) is 6.71. The van der Waals surface area contributed by atoms with Gasteiger partial charge >= 0.3 is 11.0 Å². The van der Waals surface area contributed by atoms with Crippen LogP contribution in [-0.4, -0.2) is 16.4 Å². The topological polar surface area (TPSA) is 80.2 Å². The van der Waals surface area contributed by atoms with E-state index in [0.29, 0.717) is 5.69 Å². The van der Waals surface area contributed by atoms with Crippen LogP contribution in [0.1, 0.15) is 28.0 Å². The number of anilines is 2. The molecule has 0 unspecified atom stereocenters. The lowest BCUT2D eigenvalue weighted by Gasteiger charge is -2.11. The molecule has 0 fully saturated rings. The Bertz CT molecular complexity index is 1170. The summed E-state index contributed by atoms with van der Waals surface area (Å²) in [4.78, 5) is 36.2. The van der Waals surface area contributed by atoms with Crippen molar-refractivity contribution in [2.75, 3.05) is 10.6 Å². The van der Waals surface area contributed by atoms with Gasteiger partial charge in [0, 0.05) is 41.0 Å². The van der Waals surface area contributed by atoms with Gasteiger partial charge in [0.05, 0.1) is 5.56 Å². The van der Waals surface area contributed by atoms with Gasteiger partial charge in [0.2, 0.25) is 5.91 Å². The third-order valence-electron chi connectivity index (χ3n) is 4.40. The van der Waals surface area contributed by atoms with Crippen LogP contribution in [0.25, 0.3) is 0 Å². The zero-order valence-electron chi connectivity index (χ0n) is 16.3. The van der Waals surface area contributed by atoms with Crippen molar-refractivity contribution >= 4 is 34.5 Å². The quantitative estimate of drug-likeness (QED) is 0.581. The van der Waals surface area contributed by atoms with Gasteiger partial charge in [-0.3, -0.25) is 14.4 Å². The summed E-state index contributed by atoms with van der Waals surface area (Å²) >= 11 is 1.06. The number of nitrogens with zero attached hydrogens (tertiary/aromatic N) is 1. The molecule has 10 heteroatoms. The van der Waals surface area contributed by atoms with Crippen LogP contribution in [0.2, 0.25) is 0 Å². The van der Waals surface area contributed by atoms with Gasteiger partial charge < -0.3 is 15.2 Å². The highest BCUT2D eigenvalue weighted by molar-refractivity contribution is 7.07. The van der Waals surface area contributed by atoms with Gasteiger partial charge in [0.15, 0.2) is 0 Å². The standard InChI is InChI=1S/C21H18F3N3O3S/c1-13-12-31-20(30)27(13)9-8-18(28)25-16-6-2-4-14(10-16)19(29)26-17-7-3-5-15(11-17)21(22,23)24/h2-7,10-12H,8-9H2,1H3,(H,25,28)(H,26,29). The second kappa shape index (κ2) is 9.17. The maximum Gasteiger partial charge on any atom is 0.416 e. The fourth-order valence-corrected chi connectivity index (χ4v) is 3.59. The highest BCUT2D eigenvalue weighted by atomic mass is 32.1. The number of aromatic nitrogens is 1. The third-order valence-corrected chi connectivity index (χ3v) is 5.28. The molecule has 31 heavy (non-hydrogen) atoms. The summed E-state index contributed by atoms with van der Waals surface area (Å²) in [6.45, 7) is 2.01. The molecule has 0 bridgehead atoms. The summed E-state index contributed by atoms with van der Waals surface area (Å²) in [6.07, 6.45) is -4.45. The molecule has 0 aliphatic carbocycles. The molecule has 0 aliphatic heterocycles. The van der Waals surface area contributed by atoms with Crippen molar-refractivity contribution in [1.82, 2.24) is 4.57 Å². The van der Waals surface area contributed by atoms with Crippen molar-refractivity contribution in [3.05, 3.63) is 80.4 Å². The summed E-state index contributed by atoms with van der Waals surface area (Å²) in [5.41, 5.74) is 0.435. The van der Waals surface area contributed by atoms with Crippen molar-refractivity contribution in [1.29, 1.82) is 0 Å². The van der Waals surface area contributed by atoms with E-state index < -0.39 is 17.6 Å². The molecule has 0 atom stereocenters. The van der Waals surface area contributed by atoms with E-state index in [1.54, 1.807) is 24.4 Å². The molecule has 2 amide bonds. The number of carbonyl (C=O) groups excluding carboxylic acids is 2. The SMILES string of the molecule is Cc1csc(=O)n1CCC(=O)Nc1cccc(C(=O)Nc2cccc(C(F)(F)F)c2)c1. The van der Waals surface area contributed by atoms with Crippen LogP contribution in [0.3, 0.4) is 0 Å². The number of alkyl halides is 3. The van der Waals surface area contributed by atoms with E-state index in [1.165, 1.54) is 28.8 Å². The van der Waals surface area contributed by atoms with Gasteiger partial charge in [-0.15, -0.1) is 0 Å². The number of benzene rings is 2. The maximum atomic E-state index is 12.8. The van der Waals surface area contributed by atoms with E-state index in [4.69, 9.17) is 0 Å². The predicted molar refractivity (Wildman–Crippen MR) is 112 cm³/mol. The molecule has 2 N–H and O–H groups in total. The summed E-state index contributed by atoms with van der Waals surface area (Å²) in [7, 11) is 0. The minimum atomic E-state index is -4.52. The summed E-state index contributed by atoms with van der Waals surface area (Å²) in [5, 5.41) is 6.79. The number of rotatable bonds is 6. The molecule has 1 aromatic heterocycles. The molecular weight excluding hydrogens is 431 g/mol. The zero-order valence-corrected chi connectivity index (χ0v) is 17.1. The van der Waals surface area contributed by atoms with E-state index in [1.807, 2.05) is 0 Å². The van der Waals surface area contributed by atoms with Crippen molar-refractivity contribution in [3.8, 4) is 0 Å². The lowest BCUT2D eigenvalue weighted by Crippen LogP contribution is -2.20. The number of nitrogens with one attached hydrogen (secondary N) is 2. The average molecular weight is 449 g/mol. The van der Waals surface area contributed by atoms with Crippen LogP contribution in [-0.2, 0) is 17.5 Å². The number of hydrogen-bond donors (Lipinski definition) is 2. The molecular formula is C21H18F3N3O3S. The Morgan fingerprint density at radius 3 is 2.35 bits per heavy atom. The minimum absolute atomic E-state index is 0.00541. The van der Waals surface area contributed by atoms with Crippen LogP contribution in [0.15, 0.2) is 58.7 Å². The van der Waals surface area contributed by atoms with Crippen LogP contribution >= 0.6 is 11.3 Å². The number of halogens is 3. The van der Waals surface area contributed by atoms with Crippen molar-refractivity contribution < 1.29 is 22.8 Å². The van der Waals surface area contributed by atoms with Crippen molar-refractivity contribution in [2.24, 2.45) is 0 Å². The maximum absolute atomic E-state index is 12.8. The lowest BCUT2D eigenvalue weighted by atomic mass is 10.1. The summed E-state index contributed by atoms with van der Waals surface area (Å²) in [6, 6.07) is 10.3. The molecule has 2 aromatic carbocycles. The van der Waals surface area contributed by atoms with Gasteiger partial charge in [0.1, 0.15) is 0 Å². The minimum Gasteiger partial charge on any atom is -0.326 e. The van der Waals surface area contributed by atoms with E-state index in [9.17, 15) is 27.6 Å².